The zero-order chi connectivity index (χ0) is 12.5. The van der Waals surface area contributed by atoms with E-state index < -0.39 is 10.0 Å². The average molecular weight is 255 g/mol. The van der Waals surface area contributed by atoms with Crippen LogP contribution in [0.2, 0.25) is 0 Å². The zero-order valence-corrected chi connectivity index (χ0v) is 10.9. The second-order valence-electron chi connectivity index (χ2n) is 4.23. The number of aromatic nitrogens is 1. The Labute approximate surface area is 102 Å². The van der Waals surface area contributed by atoms with Crippen molar-refractivity contribution < 1.29 is 8.42 Å². The van der Waals surface area contributed by atoms with Crippen LogP contribution in [0.4, 0.5) is 5.82 Å². The summed E-state index contributed by atoms with van der Waals surface area (Å²) in [4.78, 5) is 4.33. The van der Waals surface area contributed by atoms with E-state index >= 15 is 0 Å². The molecular formula is C11H17N3O2S. The SMILES string of the molecule is CNc1cc(S(=O)(=O)N2CCCC2C)ccn1. The average Bonchev–Trinajstić information content (AvgIpc) is 2.76. The van der Waals surface area contributed by atoms with Gasteiger partial charge in [0.1, 0.15) is 5.82 Å². The van der Waals surface area contributed by atoms with Crippen LogP contribution < -0.4 is 5.32 Å². The molecule has 1 unspecified atom stereocenters. The minimum atomic E-state index is -3.37. The minimum absolute atomic E-state index is 0.0891. The molecule has 1 aliphatic rings. The van der Waals surface area contributed by atoms with Gasteiger partial charge < -0.3 is 5.32 Å². The zero-order valence-electron chi connectivity index (χ0n) is 10.0. The van der Waals surface area contributed by atoms with E-state index in [2.05, 4.69) is 10.3 Å². The van der Waals surface area contributed by atoms with Gasteiger partial charge in [-0.05, 0) is 25.8 Å². The van der Waals surface area contributed by atoms with Crippen LogP contribution in [0.1, 0.15) is 19.8 Å². The van der Waals surface area contributed by atoms with Crippen LogP contribution in [-0.4, -0.2) is 37.3 Å². The molecule has 0 spiro atoms. The van der Waals surface area contributed by atoms with Gasteiger partial charge in [-0.3, -0.25) is 0 Å². The summed E-state index contributed by atoms with van der Waals surface area (Å²) in [6.07, 6.45) is 3.38. The summed E-state index contributed by atoms with van der Waals surface area (Å²) in [5.74, 6) is 0.568. The van der Waals surface area contributed by atoms with Gasteiger partial charge in [0.2, 0.25) is 10.0 Å². The largest absolute Gasteiger partial charge is 0.373 e. The highest BCUT2D eigenvalue weighted by Gasteiger charge is 2.32. The van der Waals surface area contributed by atoms with E-state index in [-0.39, 0.29) is 6.04 Å². The van der Waals surface area contributed by atoms with Gasteiger partial charge in [0, 0.05) is 31.9 Å². The van der Waals surface area contributed by atoms with Gasteiger partial charge in [-0.2, -0.15) is 4.31 Å². The van der Waals surface area contributed by atoms with Crippen LogP contribution in [0.15, 0.2) is 23.2 Å². The Morgan fingerprint density at radius 1 is 1.53 bits per heavy atom. The van der Waals surface area contributed by atoms with Crippen LogP contribution in [-0.2, 0) is 10.0 Å². The van der Waals surface area contributed by atoms with Gasteiger partial charge in [0.05, 0.1) is 4.90 Å². The fourth-order valence-electron chi connectivity index (χ4n) is 2.11. The van der Waals surface area contributed by atoms with Crippen LogP contribution in [0.3, 0.4) is 0 Å². The third-order valence-electron chi connectivity index (χ3n) is 3.09. The number of hydrogen-bond acceptors (Lipinski definition) is 4. The van der Waals surface area contributed by atoms with E-state index in [0.717, 1.165) is 12.8 Å². The first-order valence-corrected chi connectivity index (χ1v) is 7.15. The normalized spacial score (nSPS) is 21.6. The quantitative estimate of drug-likeness (QED) is 0.884. The smallest absolute Gasteiger partial charge is 0.243 e. The first-order chi connectivity index (χ1) is 8.05. The van der Waals surface area contributed by atoms with Crippen LogP contribution in [0.25, 0.3) is 0 Å². The number of anilines is 1. The summed E-state index contributed by atoms with van der Waals surface area (Å²) < 4.78 is 26.3. The standard InChI is InChI=1S/C11H17N3O2S/c1-9-4-3-7-14(9)17(15,16)10-5-6-13-11(8-10)12-2/h5-6,8-9H,3-4,7H2,1-2H3,(H,12,13). The first kappa shape index (κ1) is 12.3. The predicted molar refractivity (Wildman–Crippen MR) is 66.4 cm³/mol. The number of pyridine rings is 1. The monoisotopic (exact) mass is 255 g/mol. The molecule has 0 saturated carbocycles. The van der Waals surface area contributed by atoms with E-state index in [4.69, 9.17) is 0 Å². The summed E-state index contributed by atoms with van der Waals surface area (Å²) in [6, 6.07) is 3.20. The number of nitrogens with one attached hydrogen (secondary N) is 1. The molecule has 6 heteroatoms. The lowest BCUT2D eigenvalue weighted by atomic mass is 10.3. The van der Waals surface area contributed by atoms with Crippen molar-refractivity contribution >= 4 is 15.8 Å². The van der Waals surface area contributed by atoms with Crippen molar-refractivity contribution in [2.75, 3.05) is 18.9 Å². The molecule has 1 aliphatic heterocycles. The Hall–Kier alpha value is -1.14. The Balaban J connectivity index is 2.37. The van der Waals surface area contributed by atoms with Crippen molar-refractivity contribution in [2.45, 2.75) is 30.7 Å². The van der Waals surface area contributed by atoms with Crippen molar-refractivity contribution in [3.8, 4) is 0 Å². The van der Waals surface area contributed by atoms with Gasteiger partial charge in [-0.1, -0.05) is 0 Å². The summed E-state index contributed by atoms with van der Waals surface area (Å²) >= 11 is 0. The molecule has 0 bridgehead atoms. The lowest BCUT2D eigenvalue weighted by molar-refractivity contribution is 0.408. The van der Waals surface area contributed by atoms with Gasteiger partial charge in [-0.15, -0.1) is 0 Å². The van der Waals surface area contributed by atoms with Crippen molar-refractivity contribution in [3.63, 3.8) is 0 Å². The molecule has 94 valence electrons. The molecule has 1 aromatic heterocycles. The summed E-state index contributed by atoms with van der Waals surface area (Å²) in [5, 5.41) is 2.85. The molecule has 2 rings (SSSR count). The second-order valence-corrected chi connectivity index (χ2v) is 6.12. The molecule has 1 atom stereocenters. The van der Waals surface area contributed by atoms with Crippen molar-refractivity contribution in [1.82, 2.24) is 9.29 Å². The minimum Gasteiger partial charge on any atom is -0.373 e. The summed E-state index contributed by atoms with van der Waals surface area (Å²) in [5.41, 5.74) is 0. The van der Waals surface area contributed by atoms with E-state index in [0.29, 0.717) is 17.3 Å². The predicted octanol–water partition coefficient (Wildman–Crippen LogP) is 1.30. The molecule has 5 nitrogen and oxygen atoms in total. The molecule has 0 radical (unpaired) electrons. The molecule has 2 heterocycles. The lowest BCUT2D eigenvalue weighted by Gasteiger charge is -2.21. The fourth-order valence-corrected chi connectivity index (χ4v) is 3.82. The lowest BCUT2D eigenvalue weighted by Crippen LogP contribution is -2.33. The maximum atomic E-state index is 12.4. The van der Waals surface area contributed by atoms with Crippen molar-refractivity contribution in [3.05, 3.63) is 18.3 Å². The van der Waals surface area contributed by atoms with Crippen LogP contribution in [0, 0.1) is 0 Å². The Bertz CT molecular complexity index is 501. The van der Waals surface area contributed by atoms with Crippen LogP contribution in [0.5, 0.6) is 0 Å². The molecule has 0 aromatic carbocycles. The molecule has 0 aliphatic carbocycles. The number of nitrogens with zero attached hydrogens (tertiary/aromatic N) is 2. The topological polar surface area (TPSA) is 62.3 Å². The Morgan fingerprint density at radius 3 is 2.88 bits per heavy atom. The Kier molecular flexibility index (Phi) is 3.35. The number of hydrogen-bond donors (Lipinski definition) is 1. The third-order valence-corrected chi connectivity index (χ3v) is 5.10. The summed E-state index contributed by atoms with van der Waals surface area (Å²) in [6.45, 7) is 2.56. The van der Waals surface area contributed by atoms with Crippen molar-refractivity contribution in [2.24, 2.45) is 0 Å². The van der Waals surface area contributed by atoms with Gasteiger partial charge in [0.25, 0.3) is 0 Å². The fraction of sp³-hybridized carbons (Fsp3) is 0.545. The highest BCUT2D eigenvalue weighted by atomic mass is 32.2. The second kappa shape index (κ2) is 4.62. The van der Waals surface area contributed by atoms with E-state index in [1.54, 1.807) is 23.5 Å². The Morgan fingerprint density at radius 2 is 2.29 bits per heavy atom. The molecule has 1 N–H and O–H groups in total. The maximum Gasteiger partial charge on any atom is 0.243 e. The molecule has 1 saturated heterocycles. The molecule has 1 aromatic rings. The van der Waals surface area contributed by atoms with Gasteiger partial charge in [0.15, 0.2) is 0 Å². The van der Waals surface area contributed by atoms with E-state index in [9.17, 15) is 8.42 Å². The van der Waals surface area contributed by atoms with E-state index in [1.165, 1.54) is 6.20 Å². The third kappa shape index (κ3) is 2.28. The highest BCUT2D eigenvalue weighted by Crippen LogP contribution is 2.26. The molecule has 1 fully saturated rings. The maximum absolute atomic E-state index is 12.4. The molecule has 17 heavy (non-hydrogen) atoms. The van der Waals surface area contributed by atoms with Gasteiger partial charge in [-0.25, -0.2) is 13.4 Å². The molecule has 0 amide bonds. The summed E-state index contributed by atoms with van der Waals surface area (Å²) in [7, 11) is -1.65. The molecular weight excluding hydrogens is 238 g/mol. The highest BCUT2D eigenvalue weighted by molar-refractivity contribution is 7.89. The number of sulfonamides is 1. The van der Waals surface area contributed by atoms with Gasteiger partial charge >= 0.3 is 0 Å². The first-order valence-electron chi connectivity index (χ1n) is 5.71. The van der Waals surface area contributed by atoms with Crippen molar-refractivity contribution in [1.29, 1.82) is 0 Å². The number of rotatable bonds is 3. The van der Waals surface area contributed by atoms with E-state index in [1.807, 2.05) is 6.92 Å². The van der Waals surface area contributed by atoms with Crippen LogP contribution >= 0.6 is 0 Å².